The molecule has 0 radical (unpaired) electrons. The molecule has 0 fully saturated rings. The second-order valence-electron chi connectivity index (χ2n) is 19.4. The quantitative estimate of drug-likeness (QED) is 0.0197. The van der Waals surface area contributed by atoms with Gasteiger partial charge < -0.3 is 24.2 Å². The van der Waals surface area contributed by atoms with Gasteiger partial charge in [0.1, 0.15) is 12.7 Å². The molecule has 2 N–H and O–H groups in total. The molecule has 0 saturated heterocycles. The maximum absolute atomic E-state index is 12.9. The summed E-state index contributed by atoms with van der Waals surface area (Å²) < 4.78 is 39.4. The van der Waals surface area contributed by atoms with Gasteiger partial charge in [0, 0.05) is 12.8 Å². The lowest BCUT2D eigenvalue weighted by atomic mass is 10.1. The zero-order valence-electron chi connectivity index (χ0n) is 49.7. The zero-order valence-corrected chi connectivity index (χ0v) is 50.6. The Morgan fingerprint density at radius 1 is 0.375 bits per heavy atom. The van der Waals surface area contributed by atoms with E-state index in [1.165, 1.54) is 57.8 Å². The number of esters is 3. The van der Waals surface area contributed by atoms with Crippen molar-refractivity contribution in [1.82, 2.24) is 0 Å². The predicted octanol–water partition coefficient (Wildman–Crippen LogP) is 18.5. The molecule has 80 heavy (non-hydrogen) atoms. The minimum absolute atomic E-state index is 0.0256. The summed E-state index contributed by atoms with van der Waals surface area (Å²) in [5.41, 5.74) is 0. The molecule has 3 unspecified atom stereocenters. The van der Waals surface area contributed by atoms with Gasteiger partial charge in [-0.15, -0.1) is 0 Å². The van der Waals surface area contributed by atoms with Gasteiger partial charge in [0.15, 0.2) is 6.10 Å². The van der Waals surface area contributed by atoms with Crippen LogP contribution in [0.25, 0.3) is 0 Å². The lowest BCUT2D eigenvalue weighted by Crippen LogP contribution is -2.30. The number of phosphoric acid groups is 1. The minimum Gasteiger partial charge on any atom is -0.462 e. The van der Waals surface area contributed by atoms with Crippen LogP contribution in [0, 0.1) is 0 Å². The van der Waals surface area contributed by atoms with Crippen molar-refractivity contribution in [2.45, 2.75) is 226 Å². The van der Waals surface area contributed by atoms with Gasteiger partial charge in [0.05, 0.1) is 26.2 Å². The Hall–Kier alpha value is -4.90. The number of phosphoric ester groups is 1. The van der Waals surface area contributed by atoms with Crippen LogP contribution in [-0.4, -0.2) is 66.5 Å². The summed E-state index contributed by atoms with van der Waals surface area (Å²) >= 11 is 0. The molecular weight excluding hydrogens is 1020 g/mol. The van der Waals surface area contributed by atoms with Gasteiger partial charge in [0.25, 0.3) is 0 Å². The number of ether oxygens (including phenoxy) is 3. The summed E-state index contributed by atoms with van der Waals surface area (Å²) in [5, 5.41) is 9.81. The van der Waals surface area contributed by atoms with Crippen molar-refractivity contribution < 1.29 is 52.2 Å². The fourth-order valence-corrected chi connectivity index (χ4v) is 8.21. The first-order valence-electron chi connectivity index (χ1n) is 30.4. The van der Waals surface area contributed by atoms with Crippen LogP contribution in [0.2, 0.25) is 0 Å². The molecule has 0 aromatic carbocycles. The molecule has 450 valence electrons. The predicted molar refractivity (Wildman–Crippen MR) is 334 cm³/mol. The number of carbonyl (C=O) groups excluding carboxylic acids is 3. The van der Waals surface area contributed by atoms with E-state index in [0.29, 0.717) is 25.7 Å². The molecule has 0 aliphatic heterocycles. The molecule has 0 rings (SSSR count). The van der Waals surface area contributed by atoms with Crippen molar-refractivity contribution in [3.05, 3.63) is 158 Å². The van der Waals surface area contributed by atoms with Crippen LogP contribution in [0.3, 0.4) is 0 Å². The molecule has 3 atom stereocenters. The number of aliphatic hydroxyl groups is 1. The Morgan fingerprint density at radius 2 is 0.725 bits per heavy atom. The van der Waals surface area contributed by atoms with Crippen molar-refractivity contribution >= 4 is 25.7 Å². The highest BCUT2D eigenvalue weighted by Crippen LogP contribution is 2.43. The van der Waals surface area contributed by atoms with Crippen molar-refractivity contribution in [2.24, 2.45) is 0 Å². The van der Waals surface area contributed by atoms with E-state index in [2.05, 4.69) is 142 Å². The van der Waals surface area contributed by atoms with Gasteiger partial charge in [-0.3, -0.25) is 23.4 Å². The second-order valence-corrected chi connectivity index (χ2v) is 20.9. The van der Waals surface area contributed by atoms with E-state index in [1.807, 2.05) is 30.4 Å². The Balaban J connectivity index is 4.93. The molecule has 0 heterocycles. The lowest BCUT2D eigenvalue weighted by molar-refractivity contribution is -0.161. The van der Waals surface area contributed by atoms with Crippen LogP contribution in [0.4, 0.5) is 0 Å². The molecule has 0 aromatic heterocycles. The smallest absolute Gasteiger partial charge is 0.462 e. The fraction of sp³-hybridized carbons (Fsp3) is 0.574. The van der Waals surface area contributed by atoms with Crippen molar-refractivity contribution in [3.63, 3.8) is 0 Å². The second kappa shape index (κ2) is 60.2. The van der Waals surface area contributed by atoms with Gasteiger partial charge in [-0.05, 0) is 116 Å². The third-order valence-corrected chi connectivity index (χ3v) is 12.9. The summed E-state index contributed by atoms with van der Waals surface area (Å²) in [6.07, 6.45) is 79.6. The molecular formula is C68H107O11P. The highest BCUT2D eigenvalue weighted by Gasteiger charge is 2.28. The Labute approximate surface area is 485 Å². The van der Waals surface area contributed by atoms with Crippen LogP contribution < -0.4 is 0 Å². The standard InChI is InChI=1S/C68H107O11P/c1-4-7-10-13-16-19-22-25-28-30-32-34-37-39-42-45-48-51-54-57-66(70)75-61-65(79-68(72)59-56-53-50-47-44-41-38-35-33-31-29-26-23-20-17-14-11-8-5-2)63-77-80(73,74)76-62-64(60-69)78-67(71)58-55-52-49-46-43-40-36-27-24-21-18-15-12-9-6-3/h8-9,11-12,16-21,25-29,33,35-36,41,43-44,46,50,52-53,55,64-65,69H,4-7,10,13-15,22-24,30-32,34,37-40,42,45,47-49,51,54,56-63H2,1-3H3,(H,73,74)/b11-8-,12-9-,19-16-,20-17-,21-18-,28-25-,29-26-,35-33-,36-27-,44-41-,46-43-,53-50-,55-52-. The molecule has 0 bridgehead atoms. The van der Waals surface area contributed by atoms with Crippen molar-refractivity contribution in [1.29, 1.82) is 0 Å². The van der Waals surface area contributed by atoms with Gasteiger partial charge in [-0.25, -0.2) is 4.57 Å². The van der Waals surface area contributed by atoms with E-state index in [4.69, 9.17) is 23.3 Å². The van der Waals surface area contributed by atoms with E-state index in [1.54, 1.807) is 6.08 Å². The third-order valence-electron chi connectivity index (χ3n) is 12.0. The zero-order chi connectivity index (χ0) is 58.3. The van der Waals surface area contributed by atoms with Gasteiger partial charge in [0.2, 0.25) is 0 Å². The maximum atomic E-state index is 12.9. The first-order chi connectivity index (χ1) is 39.2. The Bertz CT molecular complexity index is 1950. The first kappa shape index (κ1) is 75.1. The highest BCUT2D eigenvalue weighted by atomic mass is 31.2. The Kier molecular flexibility index (Phi) is 56.5. The number of aliphatic hydroxyl groups excluding tert-OH is 1. The van der Waals surface area contributed by atoms with E-state index in [9.17, 15) is 28.9 Å². The summed E-state index contributed by atoms with van der Waals surface area (Å²) in [4.78, 5) is 48.6. The van der Waals surface area contributed by atoms with Crippen molar-refractivity contribution in [3.8, 4) is 0 Å². The lowest BCUT2D eigenvalue weighted by Gasteiger charge is -2.21. The van der Waals surface area contributed by atoms with Crippen LogP contribution in [-0.2, 0) is 42.2 Å². The van der Waals surface area contributed by atoms with E-state index in [0.717, 1.165) is 89.9 Å². The number of unbranched alkanes of at least 4 members (excludes halogenated alkanes) is 12. The monoisotopic (exact) mass is 1130 g/mol. The van der Waals surface area contributed by atoms with Gasteiger partial charge >= 0.3 is 25.7 Å². The van der Waals surface area contributed by atoms with E-state index >= 15 is 0 Å². The number of hydrogen-bond acceptors (Lipinski definition) is 10. The maximum Gasteiger partial charge on any atom is 0.472 e. The average Bonchev–Trinajstić information content (AvgIpc) is 3.45. The number of hydrogen-bond donors (Lipinski definition) is 2. The largest absolute Gasteiger partial charge is 0.472 e. The molecule has 0 spiro atoms. The van der Waals surface area contributed by atoms with Gasteiger partial charge in [-0.2, -0.15) is 0 Å². The van der Waals surface area contributed by atoms with Crippen LogP contribution >= 0.6 is 7.82 Å². The molecule has 11 nitrogen and oxygen atoms in total. The Morgan fingerprint density at radius 3 is 1.15 bits per heavy atom. The van der Waals surface area contributed by atoms with Gasteiger partial charge in [-0.1, -0.05) is 237 Å². The van der Waals surface area contributed by atoms with Crippen LogP contribution in [0.5, 0.6) is 0 Å². The van der Waals surface area contributed by atoms with Crippen LogP contribution in [0.15, 0.2) is 158 Å². The van der Waals surface area contributed by atoms with Crippen LogP contribution in [0.1, 0.15) is 213 Å². The number of allylic oxidation sites excluding steroid dienone is 25. The number of carbonyl (C=O) groups is 3. The van der Waals surface area contributed by atoms with Crippen molar-refractivity contribution in [2.75, 3.05) is 26.4 Å². The summed E-state index contributed by atoms with van der Waals surface area (Å²) in [5.74, 6) is -1.73. The molecule has 0 aromatic rings. The molecule has 0 amide bonds. The summed E-state index contributed by atoms with van der Waals surface area (Å²) in [6, 6.07) is 0. The third kappa shape index (κ3) is 57.8. The topological polar surface area (TPSA) is 155 Å². The van der Waals surface area contributed by atoms with E-state index < -0.39 is 57.8 Å². The highest BCUT2D eigenvalue weighted by molar-refractivity contribution is 7.47. The molecule has 0 aliphatic carbocycles. The molecule has 12 heteroatoms. The number of rotatable bonds is 54. The fourth-order valence-electron chi connectivity index (χ4n) is 7.43. The first-order valence-corrected chi connectivity index (χ1v) is 31.9. The molecule has 0 aliphatic rings. The summed E-state index contributed by atoms with van der Waals surface area (Å²) in [7, 11) is -4.81. The SMILES string of the molecule is CC/C=C\C/C=C\C/C=C\C/C=C\C/C=C\C/C=C\CCC(=O)OC(COC(=O)CCCCCCCCCCC/C=C\C/C=C\CCCCC)COP(=O)(O)OCC(CO)OC(=O)C/C=C\C/C=C\C/C=C\C/C=C\C/C=C\CC. The molecule has 0 saturated carbocycles. The average molecular weight is 1130 g/mol. The summed E-state index contributed by atoms with van der Waals surface area (Å²) in [6.45, 7) is 4.18. The minimum atomic E-state index is -4.81. The van der Waals surface area contributed by atoms with E-state index in [-0.39, 0.29) is 25.9 Å². The normalized spacial score (nSPS) is 14.4.